The molecule has 0 aliphatic carbocycles. The van der Waals surface area contributed by atoms with Crippen LogP contribution in [-0.2, 0) is 0 Å². The Labute approximate surface area is 341 Å². The highest BCUT2D eigenvalue weighted by Crippen LogP contribution is 2.40. The van der Waals surface area contributed by atoms with Crippen LogP contribution < -0.4 is 0 Å². The second-order valence-electron chi connectivity index (χ2n) is 15.3. The topological polar surface area (TPSA) is 30.7 Å². The number of hydrogen-bond acceptors (Lipinski definition) is 2. The van der Waals surface area contributed by atoms with Gasteiger partial charge in [-0.2, -0.15) is 0 Å². The molecule has 0 radical (unpaired) electrons. The molecule has 3 nitrogen and oxygen atoms in total. The van der Waals surface area contributed by atoms with E-state index in [0.29, 0.717) is 0 Å². The molecule has 0 saturated carbocycles. The van der Waals surface area contributed by atoms with Crippen molar-refractivity contribution in [3.8, 4) is 50.3 Å². The van der Waals surface area contributed by atoms with Crippen molar-refractivity contribution in [3.63, 3.8) is 0 Å². The van der Waals surface area contributed by atoms with E-state index >= 15 is 0 Å². The minimum atomic E-state index is 0.861. The van der Waals surface area contributed by atoms with Crippen molar-refractivity contribution in [1.29, 1.82) is 0 Å². The third-order valence-corrected chi connectivity index (χ3v) is 12.0. The predicted octanol–water partition coefficient (Wildman–Crippen LogP) is 14.9. The van der Waals surface area contributed by atoms with E-state index in [1.165, 1.54) is 76.9 Å². The molecule has 12 rings (SSSR count). The Kier molecular flexibility index (Phi) is 7.54. The fraction of sp³-hybridized carbons (Fsp3) is 0. The predicted molar refractivity (Wildman–Crippen MR) is 248 cm³/mol. The van der Waals surface area contributed by atoms with Crippen molar-refractivity contribution in [2.75, 3.05) is 0 Å². The molecule has 2 heterocycles. The van der Waals surface area contributed by atoms with Crippen LogP contribution in [0.15, 0.2) is 212 Å². The molecule has 2 aromatic heterocycles. The van der Waals surface area contributed by atoms with Crippen molar-refractivity contribution >= 4 is 65.2 Å². The van der Waals surface area contributed by atoms with Gasteiger partial charge in [-0.25, -0.2) is 4.98 Å². The third-order valence-electron chi connectivity index (χ3n) is 12.0. The molecule has 10 aromatic carbocycles. The summed E-state index contributed by atoms with van der Waals surface area (Å²) in [5.41, 5.74) is 14.5. The van der Waals surface area contributed by atoms with Crippen LogP contribution in [0.1, 0.15) is 0 Å². The standard InChI is InChI=1S/C56H35N3/c1-2-18-41(19-3-1)59-53-29-9-8-22-48(53)51-34-37(30-31-54(51)59)36-14-10-15-38(32-36)42-25-12-28-45-43(26-13-27-44(42)45)39-16-11-17-40(33-39)52-35-57-55-49-23-6-4-20-46(49)47-21-5-7-24-50(47)56(55)58-52/h1-35H. The first kappa shape index (κ1) is 33.3. The molecule has 0 N–H and O–H groups in total. The number of benzene rings is 10. The molecular weight excluding hydrogens is 715 g/mol. The van der Waals surface area contributed by atoms with Crippen LogP contribution in [0.4, 0.5) is 0 Å². The van der Waals surface area contributed by atoms with Gasteiger partial charge in [-0.1, -0.05) is 164 Å². The summed E-state index contributed by atoms with van der Waals surface area (Å²) < 4.78 is 2.37. The van der Waals surface area contributed by atoms with Gasteiger partial charge in [0.2, 0.25) is 0 Å². The van der Waals surface area contributed by atoms with Gasteiger partial charge in [0.25, 0.3) is 0 Å². The maximum atomic E-state index is 5.29. The Morgan fingerprint density at radius 2 is 0.814 bits per heavy atom. The van der Waals surface area contributed by atoms with E-state index in [9.17, 15) is 0 Å². The molecule has 0 amide bonds. The monoisotopic (exact) mass is 749 g/mol. The number of nitrogens with zero attached hydrogens (tertiary/aromatic N) is 3. The number of fused-ring (bicyclic) bond motifs is 10. The molecule has 0 bridgehead atoms. The van der Waals surface area contributed by atoms with E-state index < -0.39 is 0 Å². The summed E-state index contributed by atoms with van der Waals surface area (Å²) in [7, 11) is 0. The molecule has 0 aliphatic heterocycles. The van der Waals surface area contributed by atoms with Crippen molar-refractivity contribution in [2.24, 2.45) is 0 Å². The minimum Gasteiger partial charge on any atom is -0.309 e. The fourth-order valence-electron chi connectivity index (χ4n) is 9.30. The van der Waals surface area contributed by atoms with Crippen LogP contribution in [0.2, 0.25) is 0 Å². The first-order chi connectivity index (χ1) is 29.3. The molecule has 3 heteroatoms. The van der Waals surface area contributed by atoms with Gasteiger partial charge in [-0.3, -0.25) is 4.98 Å². The fourth-order valence-corrected chi connectivity index (χ4v) is 9.30. The van der Waals surface area contributed by atoms with Crippen molar-refractivity contribution in [3.05, 3.63) is 212 Å². The highest BCUT2D eigenvalue weighted by molar-refractivity contribution is 6.23. The normalized spacial score (nSPS) is 11.7. The summed E-state index contributed by atoms with van der Waals surface area (Å²) in [6, 6.07) is 74.3. The number of hydrogen-bond donors (Lipinski definition) is 0. The SMILES string of the molecule is c1ccc(-n2c3ccccc3c3cc(-c4cccc(-c5cccc6c(-c7cccc(-c8cnc9c%10ccccc%10c%10ccccc%10c9n8)c7)cccc56)c4)ccc32)cc1. The highest BCUT2D eigenvalue weighted by Gasteiger charge is 2.16. The molecule has 0 aliphatic rings. The maximum Gasteiger partial charge on any atom is 0.0979 e. The van der Waals surface area contributed by atoms with Gasteiger partial charge in [-0.05, 0) is 97.4 Å². The zero-order valence-corrected chi connectivity index (χ0v) is 32.0. The van der Waals surface area contributed by atoms with Gasteiger partial charge in [-0.15, -0.1) is 0 Å². The van der Waals surface area contributed by atoms with Crippen molar-refractivity contribution < 1.29 is 0 Å². The van der Waals surface area contributed by atoms with E-state index in [1.807, 2.05) is 6.20 Å². The Morgan fingerprint density at radius 3 is 1.53 bits per heavy atom. The van der Waals surface area contributed by atoms with Gasteiger partial charge < -0.3 is 4.57 Å². The number of para-hydroxylation sites is 2. The minimum absolute atomic E-state index is 0.861. The molecular formula is C56H35N3. The first-order valence-electron chi connectivity index (χ1n) is 20.2. The van der Waals surface area contributed by atoms with E-state index in [4.69, 9.17) is 9.97 Å². The van der Waals surface area contributed by atoms with Crippen molar-refractivity contribution in [1.82, 2.24) is 14.5 Å². The summed E-state index contributed by atoms with van der Waals surface area (Å²) in [5, 5.41) is 9.58. The Morgan fingerprint density at radius 1 is 0.305 bits per heavy atom. The number of rotatable bonds is 5. The Bertz CT molecular complexity index is 3580. The van der Waals surface area contributed by atoms with E-state index in [0.717, 1.165) is 38.6 Å². The van der Waals surface area contributed by atoms with Crippen LogP contribution in [-0.4, -0.2) is 14.5 Å². The maximum absolute atomic E-state index is 5.29. The molecule has 59 heavy (non-hydrogen) atoms. The lowest BCUT2D eigenvalue weighted by molar-refractivity contribution is 1.18. The Balaban J connectivity index is 0.939. The zero-order valence-electron chi connectivity index (χ0n) is 32.0. The van der Waals surface area contributed by atoms with Crippen LogP contribution in [0.25, 0.3) is 115 Å². The lowest BCUT2D eigenvalue weighted by Gasteiger charge is -2.14. The summed E-state index contributed by atoms with van der Waals surface area (Å²) in [6.45, 7) is 0. The second kappa shape index (κ2) is 13.4. The van der Waals surface area contributed by atoms with Gasteiger partial charge in [0.1, 0.15) is 0 Å². The van der Waals surface area contributed by atoms with Gasteiger partial charge in [0, 0.05) is 32.8 Å². The van der Waals surface area contributed by atoms with Gasteiger partial charge in [0.15, 0.2) is 0 Å². The van der Waals surface area contributed by atoms with Crippen molar-refractivity contribution in [2.45, 2.75) is 0 Å². The molecule has 0 fully saturated rings. The lowest BCUT2D eigenvalue weighted by Crippen LogP contribution is -1.93. The van der Waals surface area contributed by atoms with Gasteiger partial charge in [0.05, 0.1) is 34.0 Å². The average molecular weight is 750 g/mol. The third kappa shape index (κ3) is 5.36. The van der Waals surface area contributed by atoms with Crippen LogP contribution in [0, 0.1) is 0 Å². The molecule has 0 unspecified atom stereocenters. The summed E-state index contributed by atoms with van der Waals surface area (Å²) >= 11 is 0. The van der Waals surface area contributed by atoms with E-state index in [-0.39, 0.29) is 0 Å². The molecule has 0 saturated heterocycles. The average Bonchev–Trinajstić information content (AvgIpc) is 3.65. The second-order valence-corrected chi connectivity index (χ2v) is 15.3. The molecule has 274 valence electrons. The molecule has 12 aromatic rings. The van der Waals surface area contributed by atoms with E-state index in [1.54, 1.807) is 0 Å². The van der Waals surface area contributed by atoms with Gasteiger partial charge >= 0.3 is 0 Å². The smallest absolute Gasteiger partial charge is 0.0979 e. The summed E-state index contributed by atoms with van der Waals surface area (Å²) in [4.78, 5) is 10.3. The van der Waals surface area contributed by atoms with Crippen LogP contribution >= 0.6 is 0 Å². The zero-order chi connectivity index (χ0) is 38.9. The number of aromatic nitrogens is 3. The molecule has 0 atom stereocenters. The summed E-state index contributed by atoms with van der Waals surface area (Å²) in [6.07, 6.45) is 1.93. The molecule has 0 spiro atoms. The summed E-state index contributed by atoms with van der Waals surface area (Å²) in [5.74, 6) is 0. The highest BCUT2D eigenvalue weighted by atomic mass is 15.0. The Hall–Kier alpha value is -7.88. The van der Waals surface area contributed by atoms with Crippen LogP contribution in [0.3, 0.4) is 0 Å². The largest absolute Gasteiger partial charge is 0.309 e. The lowest BCUT2D eigenvalue weighted by atomic mass is 9.91. The quantitative estimate of drug-likeness (QED) is 0.164. The first-order valence-corrected chi connectivity index (χ1v) is 20.2. The van der Waals surface area contributed by atoms with E-state index in [2.05, 4.69) is 211 Å². The van der Waals surface area contributed by atoms with Crippen LogP contribution in [0.5, 0.6) is 0 Å².